The van der Waals surface area contributed by atoms with Crippen molar-refractivity contribution in [1.29, 1.82) is 0 Å². The molecule has 0 unspecified atom stereocenters. The van der Waals surface area contributed by atoms with Crippen molar-refractivity contribution in [1.82, 2.24) is 5.43 Å². The first-order valence-electron chi connectivity index (χ1n) is 11.4. The monoisotopic (exact) mass is 567 g/mol. The predicted molar refractivity (Wildman–Crippen MR) is 140 cm³/mol. The summed E-state index contributed by atoms with van der Waals surface area (Å²) in [6.45, 7) is 3.47. The highest BCUT2D eigenvalue weighted by molar-refractivity contribution is 7.92. The number of benzene rings is 3. The molecule has 0 radical (unpaired) electrons. The van der Waals surface area contributed by atoms with Gasteiger partial charge in [-0.1, -0.05) is 36.2 Å². The summed E-state index contributed by atoms with van der Waals surface area (Å²) >= 11 is 5.71. The molecule has 1 N–H and O–H groups in total. The van der Waals surface area contributed by atoms with Gasteiger partial charge in [0.1, 0.15) is 12.3 Å². The van der Waals surface area contributed by atoms with Crippen LogP contribution in [0.2, 0.25) is 5.02 Å². The van der Waals surface area contributed by atoms with E-state index < -0.39 is 39.2 Å². The van der Waals surface area contributed by atoms with Crippen LogP contribution in [0.4, 0.5) is 18.9 Å². The summed E-state index contributed by atoms with van der Waals surface area (Å²) in [4.78, 5) is 12.5. The maximum atomic E-state index is 13.5. The Kier molecular flexibility index (Phi) is 9.40. The van der Waals surface area contributed by atoms with Crippen LogP contribution in [-0.2, 0) is 21.0 Å². The molecule has 0 bridgehead atoms. The number of hydrogen-bond acceptors (Lipinski definition) is 5. The fourth-order valence-corrected chi connectivity index (χ4v) is 4.89. The molecule has 1 amide bonds. The van der Waals surface area contributed by atoms with Gasteiger partial charge in [-0.3, -0.25) is 9.10 Å². The quantitative estimate of drug-likeness (QED) is 0.248. The lowest BCUT2D eigenvalue weighted by molar-refractivity contribution is -0.137. The molecule has 0 saturated carbocycles. The van der Waals surface area contributed by atoms with Crippen LogP contribution in [0.25, 0.3) is 0 Å². The topological polar surface area (TPSA) is 88.1 Å². The van der Waals surface area contributed by atoms with Gasteiger partial charge in [0.15, 0.2) is 0 Å². The molecule has 3 aromatic rings. The fraction of sp³-hybridized carbons (Fsp3) is 0.231. The number of ether oxygens (including phenoxy) is 1. The molecule has 0 saturated heterocycles. The fourth-order valence-electron chi connectivity index (χ4n) is 3.25. The Morgan fingerprint density at radius 1 is 1.08 bits per heavy atom. The standard InChI is InChI=1S/C26H25ClF3N3O4S/c1-3-14-37-21-9-6-19(7-10-21)16-31-32-25(34)17-33(38(35,36)22-11-4-18(2)5-12-22)20-8-13-24(27)23(15-20)26(28,29)30/h4-13,15-16H,3,14,17H2,1-2H3,(H,32,34)/b31-16-. The predicted octanol–water partition coefficient (Wildman–Crippen LogP) is 5.80. The van der Waals surface area contributed by atoms with Crippen LogP contribution in [0.15, 0.2) is 76.7 Å². The highest BCUT2D eigenvalue weighted by Crippen LogP contribution is 2.38. The summed E-state index contributed by atoms with van der Waals surface area (Å²) in [5.41, 5.74) is 2.00. The van der Waals surface area contributed by atoms with Crippen LogP contribution < -0.4 is 14.5 Å². The van der Waals surface area contributed by atoms with Crippen molar-refractivity contribution in [3.63, 3.8) is 0 Å². The Morgan fingerprint density at radius 2 is 1.74 bits per heavy atom. The Morgan fingerprint density at radius 3 is 2.34 bits per heavy atom. The van der Waals surface area contributed by atoms with Crippen LogP contribution >= 0.6 is 11.6 Å². The number of nitrogens with one attached hydrogen (secondary N) is 1. The Hall–Kier alpha value is -3.57. The second-order valence-electron chi connectivity index (χ2n) is 8.20. The highest BCUT2D eigenvalue weighted by atomic mass is 35.5. The van der Waals surface area contributed by atoms with Crippen molar-refractivity contribution < 1.29 is 31.1 Å². The van der Waals surface area contributed by atoms with Crippen LogP contribution in [0.5, 0.6) is 5.75 Å². The third-order valence-corrected chi connectivity index (χ3v) is 7.31. The van der Waals surface area contributed by atoms with Gasteiger partial charge in [0.2, 0.25) is 0 Å². The van der Waals surface area contributed by atoms with Crippen molar-refractivity contribution >= 4 is 39.4 Å². The van der Waals surface area contributed by atoms with E-state index in [1.165, 1.54) is 30.5 Å². The van der Waals surface area contributed by atoms with E-state index in [1.807, 2.05) is 6.92 Å². The molecular weight excluding hydrogens is 543 g/mol. The summed E-state index contributed by atoms with van der Waals surface area (Å²) in [7, 11) is -4.43. The normalized spacial score (nSPS) is 11.9. The van der Waals surface area contributed by atoms with Gasteiger partial charge in [-0.05, 0) is 73.5 Å². The van der Waals surface area contributed by atoms with Crippen molar-refractivity contribution in [2.45, 2.75) is 31.3 Å². The van der Waals surface area contributed by atoms with E-state index >= 15 is 0 Å². The molecule has 3 rings (SSSR count). The number of rotatable bonds is 10. The van der Waals surface area contributed by atoms with Gasteiger partial charge in [-0.2, -0.15) is 18.3 Å². The molecule has 0 spiro atoms. The lowest BCUT2D eigenvalue weighted by atomic mass is 10.2. The molecule has 0 aliphatic carbocycles. The van der Waals surface area contributed by atoms with Crippen molar-refractivity contribution in [3.05, 3.63) is 88.4 Å². The van der Waals surface area contributed by atoms with E-state index in [1.54, 1.807) is 31.2 Å². The summed E-state index contributed by atoms with van der Waals surface area (Å²) in [6.07, 6.45) is -2.64. The number of alkyl halides is 3. The number of hydrazone groups is 1. The lowest BCUT2D eigenvalue weighted by Gasteiger charge is -2.25. The number of sulfonamides is 1. The van der Waals surface area contributed by atoms with Gasteiger partial charge >= 0.3 is 6.18 Å². The van der Waals surface area contributed by atoms with E-state index in [-0.39, 0.29) is 10.6 Å². The number of anilines is 1. The number of nitrogens with zero attached hydrogens (tertiary/aromatic N) is 2. The van der Waals surface area contributed by atoms with Gasteiger partial charge < -0.3 is 4.74 Å². The van der Waals surface area contributed by atoms with Gasteiger partial charge in [-0.15, -0.1) is 0 Å². The van der Waals surface area contributed by atoms with E-state index in [9.17, 15) is 26.4 Å². The minimum Gasteiger partial charge on any atom is -0.494 e. The molecule has 0 heterocycles. The van der Waals surface area contributed by atoms with E-state index in [2.05, 4.69) is 10.5 Å². The number of carbonyl (C=O) groups excluding carboxylic acids is 1. The SMILES string of the molecule is CCCOc1ccc(/C=N\NC(=O)CN(c2ccc(Cl)c(C(F)(F)F)c2)S(=O)(=O)c2ccc(C)cc2)cc1. The first kappa shape index (κ1) is 29.0. The van der Waals surface area contributed by atoms with Crippen molar-refractivity contribution in [2.24, 2.45) is 5.10 Å². The molecule has 202 valence electrons. The Bertz CT molecular complexity index is 1390. The molecular formula is C26H25ClF3N3O4S. The molecule has 12 heteroatoms. The minimum atomic E-state index is -4.84. The maximum absolute atomic E-state index is 13.5. The molecule has 38 heavy (non-hydrogen) atoms. The van der Waals surface area contributed by atoms with Crippen molar-refractivity contribution in [3.8, 4) is 5.75 Å². The van der Waals surface area contributed by atoms with Gasteiger partial charge in [0, 0.05) is 0 Å². The Balaban J connectivity index is 1.86. The molecule has 3 aromatic carbocycles. The van der Waals surface area contributed by atoms with Crippen LogP contribution in [0.1, 0.15) is 30.0 Å². The lowest BCUT2D eigenvalue weighted by Crippen LogP contribution is -2.39. The number of carbonyl (C=O) groups is 1. The maximum Gasteiger partial charge on any atom is 0.417 e. The van der Waals surface area contributed by atoms with E-state index in [4.69, 9.17) is 16.3 Å². The number of hydrogen-bond donors (Lipinski definition) is 1. The Labute approximate surface area is 223 Å². The van der Waals surface area contributed by atoms with Gasteiger partial charge in [0.05, 0.1) is 34.0 Å². The first-order chi connectivity index (χ1) is 17.9. The molecule has 0 atom stereocenters. The average molecular weight is 568 g/mol. The van der Waals surface area contributed by atoms with Crippen LogP contribution in [0, 0.1) is 6.92 Å². The molecule has 0 aliphatic heterocycles. The van der Waals surface area contributed by atoms with Gasteiger partial charge in [0.25, 0.3) is 15.9 Å². The summed E-state index contributed by atoms with van der Waals surface area (Å²) in [5.74, 6) is -0.200. The minimum absolute atomic E-state index is 0.201. The van der Waals surface area contributed by atoms with Gasteiger partial charge in [-0.25, -0.2) is 13.8 Å². The molecule has 0 fully saturated rings. The average Bonchev–Trinajstić information content (AvgIpc) is 2.87. The van der Waals surface area contributed by atoms with Crippen LogP contribution in [0.3, 0.4) is 0 Å². The largest absolute Gasteiger partial charge is 0.494 e. The molecule has 7 nitrogen and oxygen atoms in total. The number of halogens is 4. The van der Waals surface area contributed by atoms with Crippen molar-refractivity contribution in [2.75, 3.05) is 17.5 Å². The smallest absolute Gasteiger partial charge is 0.417 e. The summed E-state index contributed by atoms with van der Waals surface area (Å²) in [5, 5.41) is 3.23. The number of aryl methyl sites for hydroxylation is 1. The first-order valence-corrected chi connectivity index (χ1v) is 13.2. The summed E-state index contributed by atoms with van der Waals surface area (Å²) in [6, 6.07) is 15.2. The number of amides is 1. The molecule has 0 aromatic heterocycles. The third-order valence-electron chi connectivity index (χ3n) is 5.20. The van der Waals surface area contributed by atoms with E-state index in [0.29, 0.717) is 28.3 Å². The summed E-state index contributed by atoms with van der Waals surface area (Å²) < 4.78 is 73.3. The zero-order valence-electron chi connectivity index (χ0n) is 20.5. The van der Waals surface area contributed by atoms with E-state index in [0.717, 1.165) is 24.1 Å². The van der Waals surface area contributed by atoms with Crippen LogP contribution in [-0.4, -0.2) is 33.7 Å². The third kappa shape index (κ3) is 7.48. The zero-order chi connectivity index (χ0) is 27.9. The second kappa shape index (κ2) is 12.3. The zero-order valence-corrected chi connectivity index (χ0v) is 22.1. The molecule has 0 aliphatic rings. The highest BCUT2D eigenvalue weighted by Gasteiger charge is 2.35. The second-order valence-corrected chi connectivity index (χ2v) is 10.5.